The number of phenolic OH excluding ortho intramolecular Hbond substituents is 1. The molecule has 1 N–H and O–H groups in total. The lowest BCUT2D eigenvalue weighted by molar-refractivity contribution is 0.476. The van der Waals surface area contributed by atoms with E-state index in [9.17, 15) is 5.11 Å². The molecule has 0 aliphatic carbocycles. The Hall–Kier alpha value is -1.87. The Kier molecular flexibility index (Phi) is 5.14. The van der Waals surface area contributed by atoms with Crippen LogP contribution in [0.3, 0.4) is 0 Å². The maximum Gasteiger partial charge on any atom is 0.139 e. The summed E-state index contributed by atoms with van der Waals surface area (Å²) in [7, 11) is 0. The molecule has 128 valence electrons. The minimum Gasteiger partial charge on any atom is -0.506 e. The Morgan fingerprint density at radius 3 is 2.04 bits per heavy atom. The molecule has 0 aliphatic rings. The van der Waals surface area contributed by atoms with Gasteiger partial charge in [-0.1, -0.05) is 52.5 Å². The van der Waals surface area contributed by atoms with Gasteiger partial charge in [-0.3, -0.25) is 0 Å². The number of hydrogen-bond acceptors (Lipinski definition) is 2. The number of anilines is 3. The molecule has 0 atom stereocenters. The fraction of sp³-hybridized carbons (Fsp3) is 0.100. The van der Waals surface area contributed by atoms with Gasteiger partial charge in [0.25, 0.3) is 0 Å². The zero-order valence-electron chi connectivity index (χ0n) is 13.7. The van der Waals surface area contributed by atoms with Crippen LogP contribution in [0.15, 0.2) is 54.6 Å². The molecule has 2 nitrogen and oxygen atoms in total. The molecule has 0 amide bonds. The Bertz CT molecular complexity index is 889. The summed E-state index contributed by atoms with van der Waals surface area (Å²) in [5, 5.41) is 12.0. The zero-order chi connectivity index (χ0) is 18.1. The van der Waals surface area contributed by atoms with E-state index in [1.54, 1.807) is 36.4 Å². The van der Waals surface area contributed by atoms with Gasteiger partial charge in [0.1, 0.15) is 5.75 Å². The quantitative estimate of drug-likeness (QED) is 0.500. The van der Waals surface area contributed by atoms with E-state index in [-0.39, 0.29) is 5.75 Å². The van der Waals surface area contributed by atoms with Gasteiger partial charge in [0.15, 0.2) is 0 Å². The molecular weight excluding hydrogens is 377 g/mol. The van der Waals surface area contributed by atoms with Crippen LogP contribution >= 0.6 is 34.8 Å². The number of rotatable bonds is 3. The van der Waals surface area contributed by atoms with Gasteiger partial charge < -0.3 is 10.0 Å². The highest BCUT2D eigenvalue weighted by Gasteiger charge is 2.20. The summed E-state index contributed by atoms with van der Waals surface area (Å²) in [4.78, 5) is 1.87. The topological polar surface area (TPSA) is 23.5 Å². The van der Waals surface area contributed by atoms with Crippen LogP contribution in [-0.4, -0.2) is 5.11 Å². The van der Waals surface area contributed by atoms with E-state index < -0.39 is 0 Å². The molecule has 0 spiro atoms. The van der Waals surface area contributed by atoms with Crippen molar-refractivity contribution < 1.29 is 5.11 Å². The third-order valence-electron chi connectivity index (χ3n) is 3.92. The van der Waals surface area contributed by atoms with E-state index in [4.69, 9.17) is 34.8 Å². The smallest absolute Gasteiger partial charge is 0.139 e. The van der Waals surface area contributed by atoms with Crippen molar-refractivity contribution in [3.05, 3.63) is 80.8 Å². The first-order chi connectivity index (χ1) is 11.9. The molecule has 0 unspecified atom stereocenters. The van der Waals surface area contributed by atoms with Gasteiger partial charge in [-0.25, -0.2) is 0 Å². The average molecular weight is 393 g/mol. The van der Waals surface area contributed by atoms with Gasteiger partial charge in [-0.2, -0.15) is 0 Å². The van der Waals surface area contributed by atoms with Gasteiger partial charge >= 0.3 is 0 Å². The van der Waals surface area contributed by atoms with Gasteiger partial charge in [-0.15, -0.1) is 0 Å². The molecule has 25 heavy (non-hydrogen) atoms. The highest BCUT2D eigenvalue weighted by molar-refractivity contribution is 6.35. The van der Waals surface area contributed by atoms with E-state index >= 15 is 0 Å². The summed E-state index contributed by atoms with van der Waals surface area (Å²) in [5.41, 5.74) is 4.26. The second-order valence-electron chi connectivity index (χ2n) is 5.85. The molecule has 5 heteroatoms. The normalized spacial score (nSPS) is 10.8. The van der Waals surface area contributed by atoms with Crippen LogP contribution < -0.4 is 4.90 Å². The second-order valence-corrected chi connectivity index (χ2v) is 7.13. The van der Waals surface area contributed by atoms with Crippen LogP contribution in [0.25, 0.3) is 0 Å². The summed E-state index contributed by atoms with van der Waals surface area (Å²) in [6.07, 6.45) is 0. The average Bonchev–Trinajstić information content (AvgIpc) is 2.56. The van der Waals surface area contributed by atoms with Gasteiger partial charge in [0.05, 0.1) is 16.4 Å². The lowest BCUT2D eigenvalue weighted by Gasteiger charge is -2.28. The summed E-state index contributed by atoms with van der Waals surface area (Å²) in [6, 6.07) is 16.2. The lowest BCUT2D eigenvalue weighted by atomic mass is 10.1. The molecule has 3 rings (SSSR count). The molecule has 0 heterocycles. The Morgan fingerprint density at radius 1 is 0.720 bits per heavy atom. The number of aryl methyl sites for hydroxylation is 2. The van der Waals surface area contributed by atoms with Gasteiger partial charge in [-0.05, 0) is 61.9 Å². The molecule has 0 aromatic heterocycles. The SMILES string of the molecule is Cc1ccc(N(c2cc(Cl)ccc2O)c2cc(Cl)ccc2Cl)c(C)c1. The predicted octanol–water partition coefficient (Wildman–Crippen LogP) is 7.44. The highest BCUT2D eigenvalue weighted by atomic mass is 35.5. The molecule has 0 saturated carbocycles. The first-order valence-electron chi connectivity index (χ1n) is 7.68. The van der Waals surface area contributed by atoms with Crippen molar-refractivity contribution in [1.82, 2.24) is 0 Å². The third-order valence-corrected chi connectivity index (χ3v) is 4.71. The van der Waals surface area contributed by atoms with Crippen LogP contribution in [0.4, 0.5) is 17.1 Å². The standard InChI is InChI=1S/C20H16Cl3NO/c1-12-3-7-17(13(2)9-12)24(18-10-14(21)4-6-16(18)23)19-11-15(22)5-8-20(19)25/h3-11,25H,1-2H3. The Morgan fingerprint density at radius 2 is 1.36 bits per heavy atom. The number of phenols is 1. The highest BCUT2D eigenvalue weighted by Crippen LogP contribution is 2.45. The van der Waals surface area contributed by atoms with Crippen molar-refractivity contribution in [1.29, 1.82) is 0 Å². The number of hydrogen-bond donors (Lipinski definition) is 1. The first-order valence-corrected chi connectivity index (χ1v) is 8.81. The van der Waals surface area contributed by atoms with Crippen molar-refractivity contribution in [2.75, 3.05) is 4.90 Å². The predicted molar refractivity (Wildman–Crippen MR) is 107 cm³/mol. The summed E-state index contributed by atoms with van der Waals surface area (Å²) < 4.78 is 0. The van der Waals surface area contributed by atoms with Crippen LogP contribution in [0.2, 0.25) is 15.1 Å². The molecule has 0 saturated heterocycles. The van der Waals surface area contributed by atoms with Crippen LogP contribution in [-0.2, 0) is 0 Å². The molecule has 0 fully saturated rings. The zero-order valence-corrected chi connectivity index (χ0v) is 16.0. The number of aromatic hydroxyl groups is 1. The molecule has 0 bridgehead atoms. The van der Waals surface area contributed by atoms with Crippen molar-refractivity contribution >= 4 is 51.9 Å². The van der Waals surface area contributed by atoms with Crippen molar-refractivity contribution in [2.45, 2.75) is 13.8 Å². The summed E-state index contributed by atoms with van der Waals surface area (Å²) in [5.74, 6) is 0.0976. The monoisotopic (exact) mass is 391 g/mol. The van der Waals surface area contributed by atoms with Crippen LogP contribution in [0.1, 0.15) is 11.1 Å². The molecule has 3 aromatic rings. The molecule has 3 aromatic carbocycles. The number of halogens is 3. The van der Waals surface area contributed by atoms with Crippen molar-refractivity contribution in [3.63, 3.8) is 0 Å². The van der Waals surface area contributed by atoms with Crippen molar-refractivity contribution in [3.8, 4) is 5.75 Å². The van der Waals surface area contributed by atoms with E-state index in [0.717, 1.165) is 16.8 Å². The van der Waals surface area contributed by atoms with E-state index in [0.29, 0.717) is 26.4 Å². The van der Waals surface area contributed by atoms with Gasteiger partial charge in [0.2, 0.25) is 0 Å². The summed E-state index contributed by atoms with van der Waals surface area (Å²) >= 11 is 18.8. The maximum atomic E-state index is 10.5. The molecular formula is C20H16Cl3NO. The first kappa shape index (κ1) is 17.9. The largest absolute Gasteiger partial charge is 0.506 e. The number of benzene rings is 3. The minimum absolute atomic E-state index is 0.0976. The van der Waals surface area contributed by atoms with E-state index in [1.807, 2.05) is 30.9 Å². The Labute approximate surface area is 162 Å². The second kappa shape index (κ2) is 7.17. The van der Waals surface area contributed by atoms with E-state index in [2.05, 4.69) is 6.07 Å². The Balaban J connectivity index is 2.32. The van der Waals surface area contributed by atoms with Gasteiger partial charge in [0, 0.05) is 15.7 Å². The summed E-state index contributed by atoms with van der Waals surface area (Å²) in [6.45, 7) is 4.04. The molecule has 0 aliphatic heterocycles. The van der Waals surface area contributed by atoms with Crippen LogP contribution in [0, 0.1) is 13.8 Å². The lowest BCUT2D eigenvalue weighted by Crippen LogP contribution is -2.12. The fourth-order valence-electron chi connectivity index (χ4n) is 2.78. The third kappa shape index (κ3) is 3.72. The minimum atomic E-state index is 0.0976. The fourth-order valence-corrected chi connectivity index (χ4v) is 3.31. The maximum absolute atomic E-state index is 10.5. The van der Waals surface area contributed by atoms with E-state index in [1.165, 1.54) is 0 Å². The molecule has 0 radical (unpaired) electrons. The number of nitrogens with zero attached hydrogens (tertiary/aromatic N) is 1. The van der Waals surface area contributed by atoms with Crippen LogP contribution in [0.5, 0.6) is 5.75 Å². The van der Waals surface area contributed by atoms with Crippen molar-refractivity contribution in [2.24, 2.45) is 0 Å².